The molecule has 8 heteroatoms. The summed E-state index contributed by atoms with van der Waals surface area (Å²) in [4.78, 5) is 22.8. The molecule has 100 valence electrons. The number of aromatic nitrogens is 4. The van der Waals surface area contributed by atoms with Gasteiger partial charge in [-0.15, -0.1) is 0 Å². The molecule has 20 heavy (non-hydrogen) atoms. The van der Waals surface area contributed by atoms with Crippen molar-refractivity contribution in [2.45, 2.75) is 0 Å². The fourth-order valence-electron chi connectivity index (χ4n) is 1.74. The average molecular weight is 273 g/mol. The molecular formula is C12H8FN5O2. The number of hydrogen-bond acceptors (Lipinski definition) is 6. The van der Waals surface area contributed by atoms with Crippen LogP contribution in [0.5, 0.6) is 5.88 Å². The van der Waals surface area contributed by atoms with Crippen LogP contribution in [0, 0.1) is 5.82 Å². The molecule has 0 bridgehead atoms. The predicted octanol–water partition coefficient (Wildman–Crippen LogP) is 0.603. The van der Waals surface area contributed by atoms with E-state index in [9.17, 15) is 14.3 Å². The lowest BCUT2D eigenvalue weighted by Crippen LogP contribution is -2.24. The zero-order chi connectivity index (χ0) is 14.3. The molecule has 3 rings (SSSR count). The summed E-state index contributed by atoms with van der Waals surface area (Å²) in [5, 5.41) is 10.2. The van der Waals surface area contributed by atoms with Crippen molar-refractivity contribution in [1.29, 1.82) is 0 Å². The van der Waals surface area contributed by atoms with Crippen LogP contribution in [0.2, 0.25) is 0 Å². The molecule has 0 aliphatic heterocycles. The molecule has 1 aromatic carbocycles. The first kappa shape index (κ1) is 12.0. The second-order valence-corrected chi connectivity index (χ2v) is 3.99. The van der Waals surface area contributed by atoms with E-state index in [1.807, 2.05) is 0 Å². The first-order valence-corrected chi connectivity index (χ1v) is 5.57. The summed E-state index contributed by atoms with van der Waals surface area (Å²) in [6, 6.07) is 6.68. The summed E-state index contributed by atoms with van der Waals surface area (Å²) in [6.07, 6.45) is 0.828. The fraction of sp³-hybridized carbons (Fsp3) is 0. The molecule has 0 aliphatic carbocycles. The lowest BCUT2D eigenvalue weighted by atomic mass is 10.2. The lowest BCUT2D eigenvalue weighted by Gasteiger charge is -2.06. The summed E-state index contributed by atoms with van der Waals surface area (Å²) in [6.45, 7) is 0. The normalized spacial score (nSPS) is 10.8. The Hall–Kier alpha value is -3.03. The maximum Gasteiger partial charge on any atom is 0.356 e. The van der Waals surface area contributed by atoms with Gasteiger partial charge in [0.25, 0.3) is 0 Å². The monoisotopic (exact) mass is 273 g/mol. The summed E-state index contributed by atoms with van der Waals surface area (Å²) < 4.78 is 14.2. The third-order valence-corrected chi connectivity index (χ3v) is 2.70. The first-order chi connectivity index (χ1) is 9.56. The third kappa shape index (κ3) is 1.83. The van der Waals surface area contributed by atoms with Crippen LogP contribution in [0.15, 0.2) is 35.3 Å². The highest BCUT2D eigenvalue weighted by atomic mass is 19.1. The van der Waals surface area contributed by atoms with Crippen LogP contribution in [-0.2, 0) is 0 Å². The smallest absolute Gasteiger partial charge is 0.356 e. The SMILES string of the molecule is Nc1nc(=O)n(-c2nc(O)c3ccccc3n2)cc1F. The van der Waals surface area contributed by atoms with Gasteiger partial charge in [0.1, 0.15) is 0 Å². The molecule has 7 nitrogen and oxygen atoms in total. The molecule has 0 atom stereocenters. The van der Waals surface area contributed by atoms with E-state index in [0.717, 1.165) is 10.8 Å². The minimum absolute atomic E-state index is 0.183. The van der Waals surface area contributed by atoms with Crippen LogP contribution in [0.4, 0.5) is 10.2 Å². The van der Waals surface area contributed by atoms with Crippen molar-refractivity contribution in [2.24, 2.45) is 0 Å². The number of anilines is 1. The molecule has 3 aromatic rings. The molecule has 2 aromatic heterocycles. The molecule has 2 heterocycles. The Morgan fingerprint density at radius 1 is 1.20 bits per heavy atom. The van der Waals surface area contributed by atoms with Gasteiger partial charge in [-0.2, -0.15) is 9.97 Å². The number of nitrogens with zero attached hydrogens (tertiary/aromatic N) is 4. The maximum atomic E-state index is 13.4. The quantitative estimate of drug-likeness (QED) is 0.672. The fourth-order valence-corrected chi connectivity index (χ4v) is 1.74. The van der Waals surface area contributed by atoms with Crippen LogP contribution in [0.3, 0.4) is 0 Å². The maximum absolute atomic E-state index is 13.4. The zero-order valence-corrected chi connectivity index (χ0v) is 9.99. The summed E-state index contributed by atoms with van der Waals surface area (Å²) in [5.74, 6) is -1.87. The molecule has 0 saturated carbocycles. The molecule has 0 amide bonds. The van der Waals surface area contributed by atoms with Gasteiger partial charge in [0.2, 0.25) is 11.8 Å². The van der Waals surface area contributed by atoms with Gasteiger partial charge in [-0.25, -0.2) is 18.7 Å². The van der Waals surface area contributed by atoms with Gasteiger partial charge in [-0.1, -0.05) is 12.1 Å². The van der Waals surface area contributed by atoms with Crippen molar-refractivity contribution < 1.29 is 9.50 Å². The number of benzene rings is 1. The summed E-state index contributed by atoms with van der Waals surface area (Å²) in [5.41, 5.74) is 4.78. The molecule has 0 aliphatic rings. The zero-order valence-electron chi connectivity index (χ0n) is 9.99. The van der Waals surface area contributed by atoms with E-state index >= 15 is 0 Å². The van der Waals surface area contributed by atoms with Crippen molar-refractivity contribution in [3.8, 4) is 11.8 Å². The molecule has 0 fully saturated rings. The Balaban J connectivity index is 2.30. The Kier molecular flexibility index (Phi) is 2.56. The van der Waals surface area contributed by atoms with Crippen molar-refractivity contribution in [2.75, 3.05) is 5.73 Å². The van der Waals surface area contributed by atoms with E-state index in [1.54, 1.807) is 24.3 Å². The van der Waals surface area contributed by atoms with E-state index in [-0.39, 0.29) is 11.8 Å². The molecule has 0 unspecified atom stereocenters. The highest BCUT2D eigenvalue weighted by molar-refractivity contribution is 5.83. The van der Waals surface area contributed by atoms with Gasteiger partial charge in [-0.3, -0.25) is 0 Å². The number of fused-ring (bicyclic) bond motifs is 1. The van der Waals surface area contributed by atoms with E-state index in [0.29, 0.717) is 10.9 Å². The Bertz CT molecular complexity index is 877. The predicted molar refractivity (Wildman–Crippen MR) is 69.0 cm³/mol. The minimum atomic E-state index is -0.874. The van der Waals surface area contributed by atoms with Crippen LogP contribution in [0.25, 0.3) is 16.9 Å². The number of nitrogens with two attached hydrogens (primary N) is 1. The molecular weight excluding hydrogens is 265 g/mol. The number of para-hydroxylation sites is 1. The molecule has 3 N–H and O–H groups in total. The highest BCUT2D eigenvalue weighted by Crippen LogP contribution is 2.21. The van der Waals surface area contributed by atoms with Gasteiger partial charge in [0.05, 0.1) is 17.1 Å². The Morgan fingerprint density at radius 3 is 2.75 bits per heavy atom. The van der Waals surface area contributed by atoms with Crippen LogP contribution >= 0.6 is 0 Å². The van der Waals surface area contributed by atoms with Crippen molar-refractivity contribution in [3.05, 3.63) is 46.8 Å². The van der Waals surface area contributed by atoms with Crippen molar-refractivity contribution in [3.63, 3.8) is 0 Å². The van der Waals surface area contributed by atoms with Crippen LogP contribution < -0.4 is 11.4 Å². The van der Waals surface area contributed by atoms with Gasteiger partial charge < -0.3 is 10.8 Å². The first-order valence-electron chi connectivity index (χ1n) is 5.57. The average Bonchev–Trinajstić information content (AvgIpc) is 2.43. The Morgan fingerprint density at radius 2 is 1.95 bits per heavy atom. The standard InChI is InChI=1S/C12H8FN5O2/c13-7-5-18(12(20)16-9(7)14)11-15-8-4-2-1-3-6(8)10(19)17-11/h1-5H,(H2,14,16,20)(H,15,17,19). The number of nitrogen functional groups attached to an aromatic ring is 1. The second kappa shape index (κ2) is 4.26. The second-order valence-electron chi connectivity index (χ2n) is 3.99. The molecule has 0 spiro atoms. The number of hydrogen-bond donors (Lipinski definition) is 2. The van der Waals surface area contributed by atoms with E-state index < -0.39 is 17.3 Å². The molecule has 0 saturated heterocycles. The van der Waals surface area contributed by atoms with Gasteiger partial charge in [-0.05, 0) is 12.1 Å². The highest BCUT2D eigenvalue weighted by Gasteiger charge is 2.12. The third-order valence-electron chi connectivity index (χ3n) is 2.70. The van der Waals surface area contributed by atoms with Crippen LogP contribution in [-0.4, -0.2) is 24.6 Å². The largest absolute Gasteiger partial charge is 0.493 e. The van der Waals surface area contributed by atoms with Gasteiger partial charge >= 0.3 is 5.69 Å². The number of rotatable bonds is 1. The van der Waals surface area contributed by atoms with Gasteiger partial charge in [0, 0.05) is 0 Å². The summed E-state index contributed by atoms with van der Waals surface area (Å²) in [7, 11) is 0. The topological polar surface area (TPSA) is 107 Å². The lowest BCUT2D eigenvalue weighted by molar-refractivity contribution is 0.457. The van der Waals surface area contributed by atoms with Crippen molar-refractivity contribution in [1.82, 2.24) is 19.5 Å². The Labute approximate surface area is 111 Å². The number of aromatic hydroxyl groups is 1. The molecule has 0 radical (unpaired) electrons. The van der Waals surface area contributed by atoms with Crippen LogP contribution in [0.1, 0.15) is 0 Å². The summed E-state index contributed by atoms with van der Waals surface area (Å²) >= 11 is 0. The number of halogens is 1. The van der Waals surface area contributed by atoms with E-state index in [2.05, 4.69) is 15.0 Å². The van der Waals surface area contributed by atoms with Crippen molar-refractivity contribution >= 4 is 16.7 Å². The van der Waals surface area contributed by atoms with E-state index in [1.165, 1.54) is 0 Å². The minimum Gasteiger partial charge on any atom is -0.493 e. The van der Waals surface area contributed by atoms with Gasteiger partial charge in [0.15, 0.2) is 11.6 Å². The van der Waals surface area contributed by atoms with E-state index in [4.69, 9.17) is 5.73 Å².